The van der Waals surface area contributed by atoms with Crippen LogP contribution in [0.5, 0.6) is 0 Å². The number of nitrogens with zero attached hydrogens (tertiary/aromatic N) is 3. The molecule has 3 amide bonds. The fourth-order valence-corrected chi connectivity index (χ4v) is 3.41. The normalized spacial score (nSPS) is 15.8. The molecule has 2 aliphatic carbocycles. The number of urea groups is 1. The first kappa shape index (κ1) is 19.4. The van der Waals surface area contributed by atoms with Gasteiger partial charge in [-0.2, -0.15) is 0 Å². The van der Waals surface area contributed by atoms with Crippen molar-refractivity contribution in [3.8, 4) is 0 Å². The number of rotatable bonds is 7. The van der Waals surface area contributed by atoms with Crippen LogP contribution in [0.4, 0.5) is 19.3 Å². The Balaban J connectivity index is 1.44. The number of carbonyl (C=O) groups excluding carboxylic acids is 2. The van der Waals surface area contributed by atoms with E-state index < -0.39 is 17.7 Å². The third-order valence-corrected chi connectivity index (χ3v) is 5.42. The van der Waals surface area contributed by atoms with Gasteiger partial charge in [0.1, 0.15) is 18.2 Å². The Kier molecular flexibility index (Phi) is 5.25. The summed E-state index contributed by atoms with van der Waals surface area (Å²) in [5, 5.41) is 2.47. The summed E-state index contributed by atoms with van der Waals surface area (Å²) < 4.78 is 29.0. The average molecular weight is 402 g/mol. The lowest BCUT2D eigenvalue weighted by Gasteiger charge is -2.28. The molecule has 0 atom stereocenters. The van der Waals surface area contributed by atoms with Gasteiger partial charge in [-0.05, 0) is 49.9 Å². The van der Waals surface area contributed by atoms with Gasteiger partial charge in [0.2, 0.25) is 5.91 Å². The van der Waals surface area contributed by atoms with Crippen LogP contribution in [0, 0.1) is 11.6 Å². The largest absolute Gasteiger partial charge is 0.353 e. The summed E-state index contributed by atoms with van der Waals surface area (Å²) in [4.78, 5) is 29.1. The highest BCUT2D eigenvalue weighted by Crippen LogP contribution is 2.31. The molecule has 1 heterocycles. The molecule has 2 fully saturated rings. The summed E-state index contributed by atoms with van der Waals surface area (Å²) in [6, 6.07) is 6.53. The molecule has 6 nitrogen and oxygen atoms in total. The van der Waals surface area contributed by atoms with Crippen molar-refractivity contribution in [2.24, 2.45) is 7.05 Å². The van der Waals surface area contributed by atoms with Crippen molar-refractivity contribution in [1.29, 1.82) is 0 Å². The van der Waals surface area contributed by atoms with Crippen LogP contribution >= 0.6 is 0 Å². The third kappa shape index (κ3) is 4.58. The highest BCUT2D eigenvalue weighted by Gasteiger charge is 2.38. The van der Waals surface area contributed by atoms with Gasteiger partial charge in [-0.3, -0.25) is 4.79 Å². The predicted octanol–water partition coefficient (Wildman–Crippen LogP) is 3.49. The van der Waals surface area contributed by atoms with Crippen molar-refractivity contribution in [3.63, 3.8) is 0 Å². The van der Waals surface area contributed by atoms with E-state index in [0.717, 1.165) is 43.5 Å². The van der Waals surface area contributed by atoms with Gasteiger partial charge in [0.05, 0.1) is 12.2 Å². The molecule has 0 aliphatic heterocycles. The van der Waals surface area contributed by atoms with E-state index in [2.05, 4.69) is 5.32 Å². The molecule has 4 rings (SSSR count). The number of nitrogens with one attached hydrogen (secondary N) is 1. The second kappa shape index (κ2) is 7.85. The quantitative estimate of drug-likeness (QED) is 0.771. The van der Waals surface area contributed by atoms with Gasteiger partial charge < -0.3 is 19.7 Å². The van der Waals surface area contributed by atoms with Crippen LogP contribution in [0.15, 0.2) is 36.5 Å². The molecule has 0 unspecified atom stereocenters. The maximum absolute atomic E-state index is 13.9. The highest BCUT2D eigenvalue weighted by atomic mass is 19.1. The van der Waals surface area contributed by atoms with Crippen LogP contribution in [0.1, 0.15) is 31.4 Å². The Morgan fingerprint density at radius 2 is 1.79 bits per heavy atom. The molecule has 154 valence electrons. The topological polar surface area (TPSA) is 57.6 Å². The number of aryl methyl sites for hydroxylation is 1. The minimum Gasteiger partial charge on any atom is -0.353 e. The van der Waals surface area contributed by atoms with Crippen molar-refractivity contribution in [2.45, 2.75) is 44.3 Å². The lowest BCUT2D eigenvalue weighted by molar-refractivity contribution is -0.133. The van der Waals surface area contributed by atoms with Gasteiger partial charge in [-0.1, -0.05) is 0 Å². The molecule has 1 aromatic heterocycles. The van der Waals surface area contributed by atoms with E-state index in [0.29, 0.717) is 6.54 Å². The molecule has 0 saturated heterocycles. The summed E-state index contributed by atoms with van der Waals surface area (Å²) in [6.45, 7) is 0.444. The van der Waals surface area contributed by atoms with Gasteiger partial charge in [-0.25, -0.2) is 13.6 Å². The van der Waals surface area contributed by atoms with E-state index >= 15 is 0 Å². The van der Waals surface area contributed by atoms with Gasteiger partial charge in [0.25, 0.3) is 0 Å². The van der Waals surface area contributed by atoms with E-state index in [4.69, 9.17) is 0 Å². The zero-order chi connectivity index (χ0) is 20.5. The van der Waals surface area contributed by atoms with Gasteiger partial charge >= 0.3 is 6.03 Å². The van der Waals surface area contributed by atoms with Crippen molar-refractivity contribution in [1.82, 2.24) is 14.4 Å². The van der Waals surface area contributed by atoms with Crippen LogP contribution < -0.4 is 5.32 Å². The predicted molar refractivity (Wildman–Crippen MR) is 104 cm³/mol. The van der Waals surface area contributed by atoms with E-state index in [1.165, 1.54) is 11.0 Å². The molecule has 0 spiro atoms. The molecule has 1 N–H and O–H groups in total. The van der Waals surface area contributed by atoms with E-state index in [1.807, 2.05) is 34.8 Å². The number of benzene rings is 1. The molecular weight excluding hydrogens is 378 g/mol. The van der Waals surface area contributed by atoms with Crippen molar-refractivity contribution >= 4 is 17.6 Å². The number of hydrogen-bond acceptors (Lipinski definition) is 2. The van der Waals surface area contributed by atoms with Crippen LogP contribution in [-0.4, -0.2) is 44.9 Å². The number of carbonyl (C=O) groups is 2. The number of halogens is 2. The zero-order valence-electron chi connectivity index (χ0n) is 16.3. The van der Waals surface area contributed by atoms with Crippen LogP contribution in [-0.2, 0) is 18.4 Å². The van der Waals surface area contributed by atoms with Crippen LogP contribution in [0.3, 0.4) is 0 Å². The molecule has 2 aromatic rings. The minimum atomic E-state index is -0.844. The average Bonchev–Trinajstić information content (AvgIpc) is 3.59. The molecule has 8 heteroatoms. The first-order chi connectivity index (χ1) is 13.9. The Bertz CT molecular complexity index is 921. The molecule has 2 saturated carbocycles. The Labute approximate surface area is 168 Å². The fraction of sp³-hybridized carbons (Fsp3) is 0.429. The number of anilines is 1. The van der Waals surface area contributed by atoms with E-state index in [9.17, 15) is 18.4 Å². The first-order valence-corrected chi connectivity index (χ1v) is 9.84. The molecule has 0 bridgehead atoms. The standard InChI is InChI=1S/C21H24F2N4O2/c1-25-10-2-3-17(25)12-26(15-5-6-15)20(28)13-27(16-7-8-16)21(29)24-19-9-4-14(22)11-18(19)23/h2-4,9-11,15-16H,5-8,12-13H2,1H3,(H,24,29). The van der Waals surface area contributed by atoms with E-state index in [-0.39, 0.29) is 30.2 Å². The Morgan fingerprint density at radius 3 is 2.38 bits per heavy atom. The molecule has 1 aromatic carbocycles. The summed E-state index contributed by atoms with van der Waals surface area (Å²) in [5.74, 6) is -1.67. The van der Waals surface area contributed by atoms with E-state index in [1.54, 1.807) is 0 Å². The van der Waals surface area contributed by atoms with Gasteiger partial charge in [0, 0.05) is 37.1 Å². The number of aromatic nitrogens is 1. The number of amides is 3. The van der Waals surface area contributed by atoms with Crippen molar-refractivity contribution in [2.75, 3.05) is 11.9 Å². The lowest BCUT2D eigenvalue weighted by atomic mass is 10.3. The first-order valence-electron chi connectivity index (χ1n) is 9.84. The molecule has 2 aliphatic rings. The summed E-state index contributed by atoms with van der Waals surface area (Å²) >= 11 is 0. The molecule has 0 radical (unpaired) electrons. The maximum Gasteiger partial charge on any atom is 0.322 e. The minimum absolute atomic E-state index is 0.0291. The van der Waals surface area contributed by atoms with Gasteiger partial charge in [0.15, 0.2) is 0 Å². The molecular formula is C21H24F2N4O2. The molecule has 29 heavy (non-hydrogen) atoms. The zero-order valence-corrected chi connectivity index (χ0v) is 16.3. The Morgan fingerprint density at radius 1 is 1.10 bits per heavy atom. The number of hydrogen-bond donors (Lipinski definition) is 1. The third-order valence-electron chi connectivity index (χ3n) is 5.42. The smallest absolute Gasteiger partial charge is 0.322 e. The van der Waals surface area contributed by atoms with Gasteiger partial charge in [-0.15, -0.1) is 0 Å². The van der Waals surface area contributed by atoms with Crippen molar-refractivity contribution in [3.05, 3.63) is 53.9 Å². The van der Waals surface area contributed by atoms with Crippen LogP contribution in [0.2, 0.25) is 0 Å². The Hall–Kier alpha value is -2.90. The fourth-order valence-electron chi connectivity index (χ4n) is 3.41. The van der Waals surface area contributed by atoms with Crippen LogP contribution in [0.25, 0.3) is 0 Å². The SMILES string of the molecule is Cn1cccc1CN(C(=O)CN(C(=O)Nc1ccc(F)cc1F)C1CC1)C1CC1. The second-order valence-corrected chi connectivity index (χ2v) is 7.78. The maximum atomic E-state index is 13.9. The van der Waals surface area contributed by atoms with Crippen molar-refractivity contribution < 1.29 is 18.4 Å². The lowest BCUT2D eigenvalue weighted by Crippen LogP contribution is -2.46. The second-order valence-electron chi connectivity index (χ2n) is 7.78. The summed E-state index contributed by atoms with van der Waals surface area (Å²) in [5.41, 5.74) is 0.929. The monoisotopic (exact) mass is 402 g/mol. The summed E-state index contributed by atoms with van der Waals surface area (Å²) in [6.07, 6.45) is 5.49. The summed E-state index contributed by atoms with van der Waals surface area (Å²) in [7, 11) is 1.94. The highest BCUT2D eigenvalue weighted by molar-refractivity contribution is 5.93.